The zero-order valence-corrected chi connectivity index (χ0v) is 13.0. The quantitative estimate of drug-likeness (QED) is 0.526. The summed E-state index contributed by atoms with van der Waals surface area (Å²) in [4.78, 5) is 21.6. The SMILES string of the molecule is O=P(O)(O)O.[CH2-]CCC.[CH2-]CCC.[Ce]. The third kappa shape index (κ3) is 173. The van der Waals surface area contributed by atoms with E-state index in [0.717, 1.165) is 12.8 Å². The summed E-state index contributed by atoms with van der Waals surface area (Å²) in [6.07, 6.45) is 4.56. The molecule has 0 spiro atoms. The Morgan fingerprint density at radius 2 is 1.07 bits per heavy atom. The smallest absolute Gasteiger partial charge is 0.343 e. The molecule has 0 saturated heterocycles. The maximum atomic E-state index is 8.88. The first-order valence-electron chi connectivity index (χ1n) is 4.20. The maximum absolute atomic E-state index is 8.88. The van der Waals surface area contributed by atoms with Crippen molar-refractivity contribution < 1.29 is 61.0 Å². The van der Waals surface area contributed by atoms with Gasteiger partial charge in [-0.25, -0.2) is 4.57 Å². The summed E-state index contributed by atoms with van der Waals surface area (Å²) in [5.41, 5.74) is 0. The molecule has 0 heterocycles. The van der Waals surface area contributed by atoms with Crippen LogP contribution in [0.25, 0.3) is 0 Å². The summed E-state index contributed by atoms with van der Waals surface area (Å²) in [6, 6.07) is 0. The molecule has 0 amide bonds. The van der Waals surface area contributed by atoms with E-state index in [0.29, 0.717) is 0 Å². The molecule has 0 fully saturated rings. The largest absolute Gasteiger partial charge is 0.466 e. The molecule has 0 aromatic heterocycles. The van der Waals surface area contributed by atoms with Crippen LogP contribution in [-0.2, 0) is 4.57 Å². The zero-order chi connectivity index (χ0) is 11.3. The molecule has 4 nitrogen and oxygen atoms in total. The number of rotatable bonds is 2. The second-order valence-electron chi connectivity index (χ2n) is 2.22. The van der Waals surface area contributed by atoms with Crippen LogP contribution < -0.4 is 0 Å². The molecule has 0 aliphatic heterocycles. The molecule has 0 unspecified atom stereocenters. The Hall–Kier alpha value is 1.49. The van der Waals surface area contributed by atoms with Crippen molar-refractivity contribution >= 4 is 7.82 Å². The van der Waals surface area contributed by atoms with Gasteiger partial charge in [-0.15, -0.1) is 0 Å². The van der Waals surface area contributed by atoms with Crippen LogP contribution in [0.3, 0.4) is 0 Å². The van der Waals surface area contributed by atoms with Crippen LogP contribution in [-0.4, -0.2) is 14.7 Å². The average Bonchev–Trinajstić information content (AvgIpc) is 2.01. The van der Waals surface area contributed by atoms with Crippen molar-refractivity contribution in [3.63, 3.8) is 0 Å². The van der Waals surface area contributed by atoms with Gasteiger partial charge in [0.15, 0.2) is 0 Å². The van der Waals surface area contributed by atoms with Crippen molar-refractivity contribution in [2.45, 2.75) is 39.5 Å². The molecule has 0 aliphatic rings. The summed E-state index contributed by atoms with van der Waals surface area (Å²) >= 11 is 0. The van der Waals surface area contributed by atoms with Gasteiger partial charge in [0.25, 0.3) is 0 Å². The van der Waals surface area contributed by atoms with E-state index in [9.17, 15) is 0 Å². The molecular weight excluding hydrogens is 331 g/mol. The van der Waals surface area contributed by atoms with E-state index in [4.69, 9.17) is 19.2 Å². The fourth-order valence-corrected chi connectivity index (χ4v) is 0. The summed E-state index contributed by atoms with van der Waals surface area (Å²) in [5, 5.41) is 0. The van der Waals surface area contributed by atoms with Crippen molar-refractivity contribution in [3.05, 3.63) is 13.8 Å². The summed E-state index contributed by atoms with van der Waals surface area (Å²) in [6.45, 7) is 11.4. The van der Waals surface area contributed by atoms with E-state index in [2.05, 4.69) is 27.7 Å². The first-order valence-corrected chi connectivity index (χ1v) is 5.76. The Bertz CT molecular complexity index is 99.6. The molecule has 0 radical (unpaired) electrons. The Morgan fingerprint density at radius 1 is 1.00 bits per heavy atom. The third-order valence-electron chi connectivity index (χ3n) is 0.707. The van der Waals surface area contributed by atoms with E-state index in [-0.39, 0.29) is 41.7 Å². The molecule has 0 bridgehead atoms. The van der Waals surface area contributed by atoms with E-state index in [1.165, 1.54) is 12.8 Å². The third-order valence-corrected chi connectivity index (χ3v) is 0.707. The molecular formula is C8H21CeO4P-2. The predicted molar refractivity (Wildman–Crippen MR) is 54.8 cm³/mol. The van der Waals surface area contributed by atoms with E-state index in [1.807, 2.05) is 0 Å². The normalized spacial score (nSPS) is 8.50. The van der Waals surface area contributed by atoms with Gasteiger partial charge in [0, 0.05) is 41.7 Å². The van der Waals surface area contributed by atoms with E-state index in [1.54, 1.807) is 0 Å². The molecule has 3 N–H and O–H groups in total. The summed E-state index contributed by atoms with van der Waals surface area (Å²) in [5.74, 6) is 0. The molecule has 0 rings (SSSR count). The van der Waals surface area contributed by atoms with E-state index < -0.39 is 7.82 Å². The van der Waals surface area contributed by atoms with Crippen LogP contribution in [0.1, 0.15) is 39.5 Å². The fraction of sp³-hybridized carbons (Fsp3) is 0.750. The minimum atomic E-state index is -4.64. The van der Waals surface area contributed by atoms with Crippen molar-refractivity contribution in [2.75, 3.05) is 0 Å². The predicted octanol–water partition coefficient (Wildman–Crippen LogP) is 2.31. The van der Waals surface area contributed by atoms with Crippen LogP contribution >= 0.6 is 7.82 Å². The minimum absolute atomic E-state index is 0. The molecule has 0 saturated carbocycles. The Morgan fingerprint density at radius 3 is 1.07 bits per heavy atom. The van der Waals surface area contributed by atoms with Crippen molar-refractivity contribution in [2.24, 2.45) is 0 Å². The van der Waals surface area contributed by atoms with E-state index >= 15 is 0 Å². The van der Waals surface area contributed by atoms with Gasteiger partial charge in [0.05, 0.1) is 0 Å². The maximum Gasteiger partial charge on any atom is 0.466 e. The van der Waals surface area contributed by atoms with Gasteiger partial charge in [-0.2, -0.15) is 12.8 Å². The second-order valence-corrected chi connectivity index (χ2v) is 3.25. The average molecular weight is 352 g/mol. The summed E-state index contributed by atoms with van der Waals surface area (Å²) < 4.78 is 8.88. The van der Waals surface area contributed by atoms with Crippen LogP contribution in [0.15, 0.2) is 0 Å². The number of unbranched alkanes of at least 4 members (excludes halogenated alkanes) is 2. The Kier molecular flexibility index (Phi) is 35.1. The first kappa shape index (κ1) is 24.6. The van der Waals surface area contributed by atoms with Gasteiger partial charge in [-0.05, 0) is 0 Å². The Labute approximate surface area is 121 Å². The monoisotopic (exact) mass is 352 g/mol. The second kappa shape index (κ2) is 20.0. The van der Waals surface area contributed by atoms with Gasteiger partial charge in [-0.1, -0.05) is 26.7 Å². The molecule has 6 heteroatoms. The molecule has 0 aromatic carbocycles. The van der Waals surface area contributed by atoms with Gasteiger partial charge < -0.3 is 28.5 Å². The Balaban J connectivity index is -0.0000000522. The first-order chi connectivity index (χ1) is 5.83. The van der Waals surface area contributed by atoms with Gasteiger partial charge in [0.1, 0.15) is 0 Å². The topological polar surface area (TPSA) is 77.8 Å². The molecule has 0 aliphatic carbocycles. The van der Waals surface area contributed by atoms with Crippen LogP contribution in [0.4, 0.5) is 0 Å². The van der Waals surface area contributed by atoms with Crippen LogP contribution in [0.2, 0.25) is 0 Å². The van der Waals surface area contributed by atoms with Crippen LogP contribution in [0.5, 0.6) is 0 Å². The zero-order valence-electron chi connectivity index (χ0n) is 8.94. The number of phosphoric acid groups is 1. The molecule has 14 heavy (non-hydrogen) atoms. The summed E-state index contributed by atoms with van der Waals surface area (Å²) in [7, 11) is -4.64. The van der Waals surface area contributed by atoms with Crippen LogP contribution in [0, 0.1) is 55.6 Å². The fourth-order valence-electron chi connectivity index (χ4n) is 0. The minimum Gasteiger partial charge on any atom is -0.343 e. The number of hydrogen-bond acceptors (Lipinski definition) is 1. The number of hydrogen-bond donors (Lipinski definition) is 3. The van der Waals surface area contributed by atoms with Gasteiger partial charge in [-0.3, -0.25) is 0 Å². The molecule has 0 atom stereocenters. The van der Waals surface area contributed by atoms with Crippen molar-refractivity contribution in [1.29, 1.82) is 0 Å². The van der Waals surface area contributed by atoms with Crippen molar-refractivity contribution in [3.8, 4) is 0 Å². The van der Waals surface area contributed by atoms with Gasteiger partial charge >= 0.3 is 7.82 Å². The standard InChI is InChI=1S/2C4H9.Ce.H3O4P/c2*1-3-4-2;;1-5(2,3)4/h2*1,3-4H2,2H3;;(H3,1,2,3,4)/q2*-1;;. The van der Waals surface area contributed by atoms with Crippen molar-refractivity contribution in [1.82, 2.24) is 0 Å². The van der Waals surface area contributed by atoms with Gasteiger partial charge in [0.2, 0.25) is 0 Å². The molecule has 0 aromatic rings. The molecule has 88 valence electrons.